The highest BCUT2D eigenvalue weighted by Gasteiger charge is 2.45. The van der Waals surface area contributed by atoms with Gasteiger partial charge in [-0.15, -0.1) is 0 Å². The molecule has 0 aromatic rings. The minimum absolute atomic E-state index is 1.32. The molecule has 0 spiro atoms. The normalized spacial score (nSPS) is 14.6. The van der Waals surface area contributed by atoms with Gasteiger partial charge in [-0.05, 0) is 23.5 Å². The first-order valence-electron chi connectivity index (χ1n) is 3.34. The molecule has 0 fully saturated rings. The lowest BCUT2D eigenvalue weighted by Crippen LogP contribution is -2.21. The molecule has 0 heterocycles. The van der Waals surface area contributed by atoms with Gasteiger partial charge in [0, 0.05) is 0 Å². The summed E-state index contributed by atoms with van der Waals surface area (Å²) in [5, 5.41) is 0. The number of hydrogen-bond acceptors (Lipinski definition) is 2. The smallest absolute Gasteiger partial charge is 0.171 e. The van der Waals surface area contributed by atoms with Crippen LogP contribution >= 0.6 is 23.5 Å². The molecular weight excluding hydrogens is 295 g/mol. The maximum atomic E-state index is 11.7. The molecule has 0 atom stereocenters. The lowest BCUT2D eigenvalue weighted by molar-refractivity contribution is -0.131. The number of alkyl halides is 9. The van der Waals surface area contributed by atoms with Crippen molar-refractivity contribution in [2.45, 2.75) is 28.2 Å². The molecule has 0 amide bonds. The van der Waals surface area contributed by atoms with Gasteiger partial charge in [-0.25, -0.2) is 0 Å². The van der Waals surface area contributed by atoms with Gasteiger partial charge in [0.25, 0.3) is 0 Å². The summed E-state index contributed by atoms with van der Waals surface area (Å²) in [5.74, 6) is 0. The van der Waals surface area contributed by atoms with E-state index < -0.39 is 51.7 Å². The summed E-state index contributed by atoms with van der Waals surface area (Å²) in [5.41, 5.74) is -10.3. The molecular formula is C5H3F9S2. The molecule has 0 saturated heterocycles. The SMILES string of the molecule is FC(F)(F)CC(SC(F)(F)F)SC(F)(F)F. The fourth-order valence-electron chi connectivity index (χ4n) is 0.594. The van der Waals surface area contributed by atoms with E-state index in [9.17, 15) is 39.5 Å². The highest BCUT2D eigenvalue weighted by molar-refractivity contribution is 8.17. The molecule has 0 N–H and O–H groups in total. The third-order valence-electron chi connectivity index (χ3n) is 0.928. The molecule has 0 unspecified atom stereocenters. The Balaban J connectivity index is 4.53. The van der Waals surface area contributed by atoms with E-state index in [1.807, 2.05) is 0 Å². The molecule has 16 heavy (non-hydrogen) atoms. The lowest BCUT2D eigenvalue weighted by Gasteiger charge is -2.19. The predicted molar refractivity (Wildman–Crippen MR) is 41.8 cm³/mol. The third-order valence-corrected chi connectivity index (χ3v) is 2.90. The van der Waals surface area contributed by atoms with E-state index >= 15 is 0 Å². The first kappa shape index (κ1) is 16.1. The second-order valence-electron chi connectivity index (χ2n) is 2.38. The Hall–Kier alpha value is 0.0700. The second kappa shape index (κ2) is 5.15. The van der Waals surface area contributed by atoms with Gasteiger partial charge in [0.15, 0.2) is 0 Å². The van der Waals surface area contributed by atoms with Crippen molar-refractivity contribution in [1.29, 1.82) is 0 Å². The maximum absolute atomic E-state index is 11.7. The highest BCUT2D eigenvalue weighted by atomic mass is 32.2. The van der Waals surface area contributed by atoms with Crippen molar-refractivity contribution in [1.82, 2.24) is 0 Å². The Morgan fingerprint density at radius 3 is 1.19 bits per heavy atom. The van der Waals surface area contributed by atoms with E-state index in [-0.39, 0.29) is 0 Å². The van der Waals surface area contributed by atoms with E-state index in [2.05, 4.69) is 0 Å². The van der Waals surface area contributed by atoms with Crippen LogP contribution < -0.4 is 0 Å². The van der Waals surface area contributed by atoms with Gasteiger partial charge in [-0.2, -0.15) is 39.5 Å². The first-order valence-corrected chi connectivity index (χ1v) is 5.10. The summed E-state index contributed by atoms with van der Waals surface area (Å²) in [6.07, 6.45) is -7.25. The van der Waals surface area contributed by atoms with Crippen LogP contribution in [0, 0.1) is 0 Å². The van der Waals surface area contributed by atoms with Crippen molar-refractivity contribution in [2.75, 3.05) is 0 Å². The minimum Gasteiger partial charge on any atom is -0.171 e. The van der Waals surface area contributed by atoms with Gasteiger partial charge in [0.1, 0.15) is 0 Å². The van der Waals surface area contributed by atoms with Crippen LogP contribution in [0.2, 0.25) is 0 Å². The molecule has 0 aromatic heterocycles. The monoisotopic (exact) mass is 298 g/mol. The number of rotatable bonds is 3. The van der Waals surface area contributed by atoms with Crippen molar-refractivity contribution >= 4 is 23.5 Å². The Labute approximate surface area is 91.9 Å². The summed E-state index contributed by atoms with van der Waals surface area (Å²) in [7, 11) is 0. The molecule has 0 saturated carbocycles. The minimum atomic E-state index is -5.14. The van der Waals surface area contributed by atoms with Gasteiger partial charge in [-0.3, -0.25) is 0 Å². The average Bonchev–Trinajstić information content (AvgIpc) is 1.70. The molecule has 11 heteroatoms. The fourth-order valence-corrected chi connectivity index (χ4v) is 2.58. The Bertz CT molecular complexity index is 175. The largest absolute Gasteiger partial charge is 0.442 e. The van der Waals surface area contributed by atoms with Crippen LogP contribution in [0.4, 0.5) is 39.5 Å². The molecule has 98 valence electrons. The van der Waals surface area contributed by atoms with Gasteiger partial charge >= 0.3 is 17.2 Å². The van der Waals surface area contributed by atoms with Crippen LogP contribution in [0.25, 0.3) is 0 Å². The zero-order valence-electron chi connectivity index (χ0n) is 7.00. The number of thioether (sulfide) groups is 2. The summed E-state index contributed by atoms with van der Waals surface area (Å²) >= 11 is -2.64. The summed E-state index contributed by atoms with van der Waals surface area (Å²) in [4.78, 5) is 0. The number of hydrogen-bond donors (Lipinski definition) is 0. The third kappa shape index (κ3) is 10.6. The molecule has 0 aliphatic carbocycles. The molecule has 0 aliphatic rings. The van der Waals surface area contributed by atoms with Crippen LogP contribution in [-0.4, -0.2) is 21.8 Å². The number of halogens is 9. The second-order valence-corrected chi connectivity index (χ2v) is 5.21. The van der Waals surface area contributed by atoms with Crippen molar-refractivity contribution in [3.8, 4) is 0 Å². The quantitative estimate of drug-likeness (QED) is 0.543. The van der Waals surface area contributed by atoms with Gasteiger partial charge in [0.2, 0.25) is 0 Å². The molecule has 0 radical (unpaired) electrons. The van der Waals surface area contributed by atoms with Crippen molar-refractivity contribution in [3.63, 3.8) is 0 Å². The zero-order valence-corrected chi connectivity index (χ0v) is 8.64. The molecule has 0 aliphatic heterocycles. The Kier molecular flexibility index (Phi) is 5.17. The first-order chi connectivity index (χ1) is 6.79. The predicted octanol–water partition coefficient (Wildman–Crippen LogP) is 4.77. The van der Waals surface area contributed by atoms with Gasteiger partial charge in [0.05, 0.1) is 11.0 Å². The van der Waals surface area contributed by atoms with E-state index in [0.29, 0.717) is 0 Å². The molecule has 0 bridgehead atoms. The summed E-state index contributed by atoms with van der Waals surface area (Å²) in [6, 6.07) is 0. The standard InChI is InChI=1S/C5H3F9S2/c6-3(7,8)1-2(15-4(9,10)11)16-5(12,13)14/h2H,1H2. The van der Waals surface area contributed by atoms with Crippen LogP contribution in [0.3, 0.4) is 0 Å². The fraction of sp³-hybridized carbons (Fsp3) is 1.00. The molecule has 0 rings (SSSR count). The molecule has 0 aromatic carbocycles. The van der Waals surface area contributed by atoms with Crippen molar-refractivity contribution < 1.29 is 39.5 Å². The average molecular weight is 298 g/mol. The maximum Gasteiger partial charge on any atom is 0.442 e. The van der Waals surface area contributed by atoms with E-state index in [1.165, 1.54) is 0 Å². The van der Waals surface area contributed by atoms with E-state index in [0.717, 1.165) is 0 Å². The van der Waals surface area contributed by atoms with Crippen molar-refractivity contribution in [2.24, 2.45) is 0 Å². The zero-order chi connectivity index (χ0) is 13.2. The van der Waals surface area contributed by atoms with Gasteiger partial charge in [-0.1, -0.05) is 0 Å². The summed E-state index contributed by atoms with van der Waals surface area (Å²) < 4.78 is 102. The molecule has 0 nitrogen and oxygen atoms in total. The van der Waals surface area contributed by atoms with E-state index in [1.54, 1.807) is 0 Å². The summed E-state index contributed by atoms with van der Waals surface area (Å²) in [6.45, 7) is 0. The van der Waals surface area contributed by atoms with Crippen LogP contribution in [0.1, 0.15) is 6.42 Å². The van der Waals surface area contributed by atoms with Crippen LogP contribution in [0.5, 0.6) is 0 Å². The van der Waals surface area contributed by atoms with Crippen molar-refractivity contribution in [3.05, 3.63) is 0 Å². The highest BCUT2D eigenvalue weighted by Crippen LogP contribution is 2.48. The lowest BCUT2D eigenvalue weighted by atomic mass is 10.5. The Morgan fingerprint density at radius 1 is 0.688 bits per heavy atom. The van der Waals surface area contributed by atoms with Crippen LogP contribution in [0.15, 0.2) is 0 Å². The van der Waals surface area contributed by atoms with Gasteiger partial charge < -0.3 is 0 Å². The van der Waals surface area contributed by atoms with Crippen LogP contribution in [-0.2, 0) is 0 Å². The van der Waals surface area contributed by atoms with E-state index in [4.69, 9.17) is 0 Å². The Morgan fingerprint density at radius 2 is 1.00 bits per heavy atom. The topological polar surface area (TPSA) is 0 Å².